The summed E-state index contributed by atoms with van der Waals surface area (Å²) in [6.45, 7) is 0. The van der Waals surface area contributed by atoms with Crippen LogP contribution in [0.1, 0.15) is 5.56 Å². The summed E-state index contributed by atoms with van der Waals surface area (Å²) in [6.07, 6.45) is 2.18. The lowest BCUT2D eigenvalue weighted by Crippen LogP contribution is -1.87. The minimum absolute atomic E-state index is 0. The maximum atomic E-state index is 4.10. The van der Waals surface area contributed by atoms with Crippen LogP contribution in [0.5, 0.6) is 0 Å². The summed E-state index contributed by atoms with van der Waals surface area (Å²) in [5.74, 6) is 5.16. The monoisotopic (exact) mass is 239 g/mol. The van der Waals surface area contributed by atoms with Crippen LogP contribution in [0.4, 0.5) is 0 Å². The van der Waals surface area contributed by atoms with E-state index in [9.17, 15) is 0 Å². The summed E-state index contributed by atoms with van der Waals surface area (Å²) in [7, 11) is 0.199. The van der Waals surface area contributed by atoms with Gasteiger partial charge in [0.1, 0.15) is 0 Å². The van der Waals surface area contributed by atoms with Crippen LogP contribution in [-0.2, 0) is 5.75 Å². The first-order valence-corrected chi connectivity index (χ1v) is 7.30. The van der Waals surface area contributed by atoms with Crippen LogP contribution >= 0.6 is 10.5 Å². The molecule has 0 amide bonds. The van der Waals surface area contributed by atoms with Crippen molar-refractivity contribution in [2.24, 2.45) is 0 Å². The molecule has 3 radical (unpaired) electrons. The molecule has 2 heteroatoms. The summed E-state index contributed by atoms with van der Waals surface area (Å²) in [5.41, 5.74) is 4.03. The zero-order valence-corrected chi connectivity index (χ0v) is 10.9. The molecule has 0 spiro atoms. The first-order valence-electron chi connectivity index (χ1n) is 5.33. The molecular formula is C15H16BS. The summed E-state index contributed by atoms with van der Waals surface area (Å²) < 4.78 is 0. The van der Waals surface area contributed by atoms with Crippen molar-refractivity contribution in [3.63, 3.8) is 0 Å². The highest BCUT2D eigenvalue weighted by atomic mass is 32.2. The molecule has 2 aromatic carbocycles. The molecule has 0 saturated heterocycles. The van der Waals surface area contributed by atoms with Crippen LogP contribution in [0, 0.1) is 0 Å². The quantitative estimate of drug-likeness (QED) is 0.564. The third-order valence-electron chi connectivity index (χ3n) is 2.50. The van der Waals surface area contributed by atoms with E-state index in [2.05, 4.69) is 66.7 Å². The first kappa shape index (κ1) is 13.8. The Morgan fingerprint density at radius 1 is 0.941 bits per heavy atom. The van der Waals surface area contributed by atoms with Crippen LogP contribution in [0.3, 0.4) is 0 Å². The Hall–Kier alpha value is -1.28. The van der Waals surface area contributed by atoms with Crippen molar-refractivity contribution in [1.82, 2.24) is 0 Å². The molecule has 0 aliphatic rings. The molecule has 0 aromatic heterocycles. The molecule has 0 saturated carbocycles. The van der Waals surface area contributed by atoms with Crippen LogP contribution < -0.4 is 0 Å². The zero-order valence-electron chi connectivity index (χ0n) is 10.1. The van der Waals surface area contributed by atoms with Crippen molar-refractivity contribution in [2.75, 3.05) is 6.26 Å². The Labute approximate surface area is 108 Å². The highest BCUT2D eigenvalue weighted by Crippen LogP contribution is 2.27. The van der Waals surface area contributed by atoms with E-state index in [4.69, 9.17) is 0 Å². The lowest BCUT2D eigenvalue weighted by atomic mass is 10.0. The minimum atomic E-state index is 0. The Bertz CT molecular complexity index is 491. The largest absolute Gasteiger partial charge is 0.192 e. The molecule has 1 atom stereocenters. The van der Waals surface area contributed by atoms with E-state index in [1.165, 1.54) is 16.7 Å². The maximum absolute atomic E-state index is 4.10. The van der Waals surface area contributed by atoms with Crippen molar-refractivity contribution >= 4 is 24.8 Å². The average Bonchev–Trinajstić information content (AvgIpc) is 2.30. The fraction of sp³-hybridized carbons (Fsp3) is 0.133. The van der Waals surface area contributed by atoms with E-state index in [0.29, 0.717) is 0 Å². The van der Waals surface area contributed by atoms with Gasteiger partial charge in [-0.05, 0) is 22.9 Å². The lowest BCUT2D eigenvalue weighted by Gasteiger charge is -2.09. The van der Waals surface area contributed by atoms with E-state index in [-0.39, 0.29) is 18.9 Å². The van der Waals surface area contributed by atoms with Gasteiger partial charge in [-0.15, -0.1) is 0 Å². The Morgan fingerprint density at radius 2 is 1.53 bits per heavy atom. The van der Waals surface area contributed by atoms with Gasteiger partial charge in [0.15, 0.2) is 0 Å². The SMILES string of the molecule is C=S(C)Cc1ccccc1-c1ccccc1.[B]. The van der Waals surface area contributed by atoms with Crippen molar-refractivity contribution < 1.29 is 0 Å². The first-order chi connectivity index (χ1) is 7.77. The normalized spacial score (nSPS) is 11.6. The second-order valence-corrected chi connectivity index (χ2v) is 5.80. The van der Waals surface area contributed by atoms with E-state index >= 15 is 0 Å². The van der Waals surface area contributed by atoms with Gasteiger partial charge >= 0.3 is 0 Å². The van der Waals surface area contributed by atoms with Gasteiger partial charge in [0.25, 0.3) is 0 Å². The average molecular weight is 239 g/mol. The number of hydrogen-bond donors (Lipinski definition) is 0. The molecule has 0 heterocycles. The van der Waals surface area contributed by atoms with Crippen molar-refractivity contribution in [1.29, 1.82) is 0 Å². The van der Waals surface area contributed by atoms with Gasteiger partial charge in [0.05, 0.1) is 0 Å². The maximum Gasteiger partial charge on any atom is 0.0132 e. The third kappa shape index (κ3) is 3.60. The van der Waals surface area contributed by atoms with Crippen molar-refractivity contribution in [3.05, 3.63) is 60.2 Å². The third-order valence-corrected chi connectivity index (χ3v) is 3.31. The fourth-order valence-corrected chi connectivity index (χ4v) is 2.59. The lowest BCUT2D eigenvalue weighted by molar-refractivity contribution is 1.41. The molecule has 85 valence electrons. The number of hydrogen-bond acceptors (Lipinski definition) is 0. The Balaban J connectivity index is 0.00000144. The van der Waals surface area contributed by atoms with Gasteiger partial charge < -0.3 is 0 Å². The minimum Gasteiger partial charge on any atom is -0.192 e. The second-order valence-electron chi connectivity index (χ2n) is 3.95. The molecule has 0 nitrogen and oxygen atoms in total. The van der Waals surface area contributed by atoms with E-state index in [0.717, 1.165) is 5.75 Å². The van der Waals surface area contributed by atoms with Gasteiger partial charge in [0, 0.05) is 14.2 Å². The second kappa shape index (κ2) is 6.46. The van der Waals surface area contributed by atoms with Gasteiger partial charge in [0.2, 0.25) is 0 Å². The molecule has 0 aliphatic carbocycles. The highest BCUT2D eigenvalue weighted by Gasteiger charge is 2.03. The van der Waals surface area contributed by atoms with Crippen molar-refractivity contribution in [3.8, 4) is 11.1 Å². The van der Waals surface area contributed by atoms with Gasteiger partial charge in [-0.25, -0.2) is 0 Å². The van der Waals surface area contributed by atoms with Gasteiger partial charge in [-0.3, -0.25) is 0 Å². The molecule has 2 aromatic rings. The summed E-state index contributed by atoms with van der Waals surface area (Å²) in [5, 5.41) is 0. The fourth-order valence-electron chi connectivity index (χ4n) is 1.81. The molecule has 0 N–H and O–H groups in total. The summed E-state index contributed by atoms with van der Waals surface area (Å²) in [4.78, 5) is 0. The summed E-state index contributed by atoms with van der Waals surface area (Å²) in [6, 6.07) is 19.2. The topological polar surface area (TPSA) is 0 Å². The van der Waals surface area contributed by atoms with Crippen LogP contribution in [0.15, 0.2) is 54.6 Å². The molecule has 0 bridgehead atoms. The molecule has 17 heavy (non-hydrogen) atoms. The summed E-state index contributed by atoms with van der Waals surface area (Å²) >= 11 is 0. The standard InChI is InChI=1S/C15H16S.B/c1-16(2)12-14-10-6-7-11-15(14)13-8-4-3-5-9-13;/h3-11H,1,12H2,2H3;. The molecule has 0 aliphatic heterocycles. The Morgan fingerprint density at radius 3 is 2.18 bits per heavy atom. The van der Waals surface area contributed by atoms with Crippen LogP contribution in [0.2, 0.25) is 0 Å². The van der Waals surface area contributed by atoms with E-state index in [1.54, 1.807) is 0 Å². The highest BCUT2D eigenvalue weighted by molar-refractivity contribution is 8.12. The van der Waals surface area contributed by atoms with Crippen molar-refractivity contribution in [2.45, 2.75) is 5.75 Å². The predicted octanol–water partition coefficient (Wildman–Crippen LogP) is 3.80. The van der Waals surface area contributed by atoms with Gasteiger partial charge in [-0.2, -0.15) is 10.5 Å². The smallest absolute Gasteiger partial charge is 0.0132 e. The van der Waals surface area contributed by atoms with Gasteiger partial charge in [-0.1, -0.05) is 60.5 Å². The van der Waals surface area contributed by atoms with Crippen LogP contribution in [0.25, 0.3) is 11.1 Å². The zero-order chi connectivity index (χ0) is 11.4. The number of benzene rings is 2. The predicted molar refractivity (Wildman–Crippen MR) is 82.0 cm³/mol. The van der Waals surface area contributed by atoms with E-state index in [1.807, 2.05) is 0 Å². The van der Waals surface area contributed by atoms with E-state index < -0.39 is 0 Å². The van der Waals surface area contributed by atoms with Crippen LogP contribution in [-0.4, -0.2) is 20.5 Å². The molecule has 1 unspecified atom stereocenters. The Kier molecular flexibility index (Phi) is 5.24. The molecule has 2 rings (SSSR count). The number of rotatable bonds is 3. The molecule has 0 fully saturated rings. The molecular weight excluding hydrogens is 223 g/mol.